The van der Waals surface area contributed by atoms with Crippen molar-refractivity contribution in [2.24, 2.45) is 0 Å². The average Bonchev–Trinajstić information content (AvgIpc) is 2.93. The normalized spacial score (nSPS) is 15.0. The lowest BCUT2D eigenvalue weighted by atomic mass is 10.2. The van der Waals surface area contributed by atoms with Crippen LogP contribution in [0.25, 0.3) is 6.08 Å². The molecule has 0 aliphatic carbocycles. The highest BCUT2D eigenvalue weighted by molar-refractivity contribution is 8.18. The van der Waals surface area contributed by atoms with Gasteiger partial charge >= 0.3 is 5.69 Å². The number of benzene rings is 2. The number of ether oxygens (including phenoxy) is 2. The Morgan fingerprint density at radius 2 is 1.88 bits per heavy atom. The van der Waals surface area contributed by atoms with Crippen molar-refractivity contribution in [1.82, 2.24) is 5.32 Å². The highest BCUT2D eigenvalue weighted by atomic mass is 32.2. The van der Waals surface area contributed by atoms with E-state index in [1.165, 1.54) is 19.2 Å². The highest BCUT2D eigenvalue weighted by Gasteiger charge is 2.25. The van der Waals surface area contributed by atoms with Gasteiger partial charge in [0.05, 0.1) is 16.9 Å². The molecule has 2 amide bonds. The van der Waals surface area contributed by atoms with Crippen molar-refractivity contribution < 1.29 is 24.0 Å². The van der Waals surface area contributed by atoms with Gasteiger partial charge in [0.2, 0.25) is 5.75 Å². The number of rotatable bonds is 5. The Morgan fingerprint density at radius 1 is 1.12 bits per heavy atom. The summed E-state index contributed by atoms with van der Waals surface area (Å²) in [6.07, 6.45) is 1.54. The minimum Gasteiger partial charge on any atom is -0.493 e. The molecule has 9 heteroatoms. The van der Waals surface area contributed by atoms with Crippen LogP contribution in [0.15, 0.2) is 47.4 Å². The van der Waals surface area contributed by atoms with Crippen LogP contribution in [0.4, 0.5) is 10.5 Å². The molecule has 1 aliphatic heterocycles. The predicted octanol–water partition coefficient (Wildman–Crippen LogP) is 3.72. The van der Waals surface area contributed by atoms with Crippen LogP contribution in [0.1, 0.15) is 5.56 Å². The quantitative estimate of drug-likeness (QED) is 0.484. The number of hydrogen-bond donors (Lipinski definition) is 1. The maximum Gasteiger partial charge on any atom is 0.311 e. The summed E-state index contributed by atoms with van der Waals surface area (Å²) in [5.74, 6) is 0.230. The number of imide groups is 1. The van der Waals surface area contributed by atoms with E-state index < -0.39 is 16.1 Å². The van der Waals surface area contributed by atoms with E-state index in [-0.39, 0.29) is 22.1 Å². The second kappa shape index (κ2) is 7.28. The summed E-state index contributed by atoms with van der Waals surface area (Å²) in [6.45, 7) is 0. The first kappa shape index (κ1) is 17.5. The fourth-order valence-electron chi connectivity index (χ4n) is 2.24. The van der Waals surface area contributed by atoms with Crippen LogP contribution in [0.3, 0.4) is 0 Å². The first-order valence-electron chi connectivity index (χ1n) is 7.32. The molecule has 0 bridgehead atoms. The summed E-state index contributed by atoms with van der Waals surface area (Å²) < 4.78 is 10.9. The van der Waals surface area contributed by atoms with Crippen LogP contribution in [-0.4, -0.2) is 23.2 Å². The molecule has 2 aromatic rings. The molecule has 0 aromatic heterocycles. The van der Waals surface area contributed by atoms with Gasteiger partial charge in [-0.2, -0.15) is 0 Å². The molecule has 1 fully saturated rings. The van der Waals surface area contributed by atoms with Gasteiger partial charge in [-0.15, -0.1) is 0 Å². The Hall–Kier alpha value is -3.33. The van der Waals surface area contributed by atoms with Crippen molar-refractivity contribution in [3.63, 3.8) is 0 Å². The van der Waals surface area contributed by atoms with E-state index in [0.717, 1.165) is 11.8 Å². The molecule has 0 saturated carbocycles. The Morgan fingerprint density at radius 3 is 2.54 bits per heavy atom. The minimum absolute atomic E-state index is 0.0817. The monoisotopic (exact) mass is 372 g/mol. The number of hydrogen-bond acceptors (Lipinski definition) is 7. The second-order valence-corrected chi connectivity index (χ2v) is 6.10. The molecule has 1 aliphatic rings. The molecule has 132 valence electrons. The molecule has 1 heterocycles. The summed E-state index contributed by atoms with van der Waals surface area (Å²) in [4.78, 5) is 33.6. The van der Waals surface area contributed by atoms with Gasteiger partial charge in [-0.25, -0.2) is 0 Å². The van der Waals surface area contributed by atoms with Crippen molar-refractivity contribution in [2.45, 2.75) is 0 Å². The van der Waals surface area contributed by atoms with E-state index in [4.69, 9.17) is 9.47 Å². The lowest BCUT2D eigenvalue weighted by Gasteiger charge is -2.11. The maximum atomic E-state index is 11.6. The molecular formula is C17H12N2O6S. The van der Waals surface area contributed by atoms with Crippen LogP contribution in [0.5, 0.6) is 17.2 Å². The number of thioether (sulfide) groups is 1. The second-order valence-electron chi connectivity index (χ2n) is 5.09. The zero-order valence-corrected chi connectivity index (χ0v) is 14.2. The van der Waals surface area contributed by atoms with Gasteiger partial charge in [0, 0.05) is 6.07 Å². The van der Waals surface area contributed by atoms with Gasteiger partial charge in [-0.3, -0.25) is 25.0 Å². The number of carbonyl (C=O) groups excluding carboxylic acids is 2. The minimum atomic E-state index is -0.534. The van der Waals surface area contributed by atoms with E-state index in [2.05, 4.69) is 5.32 Å². The fourth-order valence-corrected chi connectivity index (χ4v) is 2.93. The molecule has 3 rings (SSSR count). The summed E-state index contributed by atoms with van der Waals surface area (Å²) in [5.41, 5.74) is 0.447. The van der Waals surface area contributed by atoms with Crippen molar-refractivity contribution in [3.05, 3.63) is 63.0 Å². The van der Waals surface area contributed by atoms with Crippen molar-refractivity contribution in [1.29, 1.82) is 0 Å². The van der Waals surface area contributed by atoms with E-state index >= 15 is 0 Å². The van der Waals surface area contributed by atoms with Crippen LogP contribution in [0, 0.1) is 10.1 Å². The third-order valence-electron chi connectivity index (χ3n) is 3.41. The molecule has 1 N–H and O–H groups in total. The Bertz CT molecular complexity index is 941. The average molecular weight is 372 g/mol. The molecule has 0 spiro atoms. The lowest BCUT2D eigenvalue weighted by Crippen LogP contribution is -2.17. The molecule has 0 radical (unpaired) electrons. The van der Waals surface area contributed by atoms with E-state index in [9.17, 15) is 19.7 Å². The fraction of sp³-hybridized carbons (Fsp3) is 0.0588. The van der Waals surface area contributed by atoms with Crippen LogP contribution < -0.4 is 14.8 Å². The van der Waals surface area contributed by atoms with Gasteiger partial charge in [0.25, 0.3) is 11.1 Å². The molecule has 2 aromatic carbocycles. The number of nitro benzene ring substituents is 1. The number of nitrogens with one attached hydrogen (secondary N) is 1. The lowest BCUT2D eigenvalue weighted by molar-refractivity contribution is -0.385. The third-order valence-corrected chi connectivity index (χ3v) is 4.22. The van der Waals surface area contributed by atoms with Gasteiger partial charge in [-0.05, 0) is 41.6 Å². The topological polar surface area (TPSA) is 108 Å². The number of methoxy groups -OCH3 is 1. The molecule has 0 atom stereocenters. The highest BCUT2D eigenvalue weighted by Crippen LogP contribution is 2.37. The van der Waals surface area contributed by atoms with Crippen LogP contribution >= 0.6 is 11.8 Å². The Labute approximate surface area is 151 Å². The van der Waals surface area contributed by atoms with Crippen molar-refractivity contribution in [3.8, 4) is 17.2 Å². The first-order valence-corrected chi connectivity index (χ1v) is 8.14. The number of nitro groups is 1. The van der Waals surface area contributed by atoms with Crippen molar-refractivity contribution in [2.75, 3.05) is 7.11 Å². The number of para-hydroxylation sites is 2. The number of amides is 2. The molecule has 0 unspecified atom stereocenters. The Balaban J connectivity index is 1.91. The summed E-state index contributed by atoms with van der Waals surface area (Å²) in [5, 5.41) is 12.8. The van der Waals surface area contributed by atoms with E-state index in [1.54, 1.807) is 36.4 Å². The van der Waals surface area contributed by atoms with E-state index in [0.29, 0.717) is 11.3 Å². The van der Waals surface area contributed by atoms with Crippen molar-refractivity contribution >= 4 is 34.7 Å². The maximum absolute atomic E-state index is 11.6. The summed E-state index contributed by atoms with van der Waals surface area (Å²) in [6, 6.07) is 10.8. The Kier molecular flexibility index (Phi) is 4.90. The molecule has 8 nitrogen and oxygen atoms in total. The van der Waals surface area contributed by atoms with Crippen LogP contribution in [0.2, 0.25) is 0 Å². The number of nitrogens with zero attached hydrogens (tertiary/aromatic N) is 1. The summed E-state index contributed by atoms with van der Waals surface area (Å²) in [7, 11) is 1.43. The largest absolute Gasteiger partial charge is 0.493 e. The van der Waals surface area contributed by atoms with Gasteiger partial charge < -0.3 is 9.47 Å². The van der Waals surface area contributed by atoms with E-state index in [1.807, 2.05) is 0 Å². The standard InChI is InChI=1S/C17H12N2O6S/c1-24-14-8-10(9-15-16(20)18-17(21)26-15)6-7-13(14)25-12-5-3-2-4-11(12)19(22)23/h2-9H,1H3,(H,18,20,21)/b15-9-. The zero-order chi connectivity index (χ0) is 18.7. The van der Waals surface area contributed by atoms with Gasteiger partial charge in [-0.1, -0.05) is 18.2 Å². The molecule has 26 heavy (non-hydrogen) atoms. The zero-order valence-electron chi connectivity index (χ0n) is 13.4. The third kappa shape index (κ3) is 3.67. The van der Waals surface area contributed by atoms with Crippen LogP contribution in [-0.2, 0) is 4.79 Å². The van der Waals surface area contributed by atoms with Gasteiger partial charge in [0.1, 0.15) is 0 Å². The predicted molar refractivity (Wildman–Crippen MR) is 95.3 cm³/mol. The number of carbonyl (C=O) groups is 2. The molecule has 1 saturated heterocycles. The SMILES string of the molecule is COc1cc(/C=C2\SC(=O)NC2=O)ccc1Oc1ccccc1[N+](=O)[O-]. The molecular weight excluding hydrogens is 360 g/mol. The first-order chi connectivity index (χ1) is 12.5. The smallest absolute Gasteiger partial charge is 0.311 e. The van der Waals surface area contributed by atoms with Gasteiger partial charge in [0.15, 0.2) is 11.5 Å². The summed E-state index contributed by atoms with van der Waals surface area (Å²) >= 11 is 0.808.